The first-order valence-corrected chi connectivity index (χ1v) is 8.95. The Morgan fingerprint density at radius 1 is 1.24 bits per heavy atom. The van der Waals surface area contributed by atoms with Crippen LogP contribution >= 0.6 is 11.6 Å². The molecular formula is C20H22ClN3O. The van der Waals surface area contributed by atoms with E-state index in [4.69, 9.17) is 11.6 Å². The molecule has 4 rings (SSSR count). The number of aromatic nitrogens is 2. The predicted octanol–water partition coefficient (Wildman–Crippen LogP) is 3.59. The van der Waals surface area contributed by atoms with Crippen molar-refractivity contribution in [1.82, 2.24) is 14.5 Å². The molecular weight excluding hydrogens is 334 g/mol. The second-order valence-corrected chi connectivity index (χ2v) is 7.55. The maximum absolute atomic E-state index is 11.2. The van der Waals surface area contributed by atoms with Gasteiger partial charge >= 0.3 is 0 Å². The molecule has 1 aromatic carbocycles. The topological polar surface area (TPSA) is 41.3 Å². The van der Waals surface area contributed by atoms with Gasteiger partial charge in [-0.1, -0.05) is 23.7 Å². The molecule has 0 saturated heterocycles. The van der Waals surface area contributed by atoms with Gasteiger partial charge in [0.05, 0.1) is 17.1 Å². The summed E-state index contributed by atoms with van der Waals surface area (Å²) >= 11 is 6.57. The van der Waals surface area contributed by atoms with Crippen LogP contribution in [0, 0.1) is 0 Å². The van der Waals surface area contributed by atoms with Crippen LogP contribution in [-0.2, 0) is 25.1 Å². The van der Waals surface area contributed by atoms with Gasteiger partial charge in [0.2, 0.25) is 0 Å². The number of halogens is 1. The van der Waals surface area contributed by atoms with Crippen LogP contribution in [-0.4, -0.2) is 33.1 Å². The molecule has 130 valence electrons. The number of benzene rings is 1. The molecule has 2 aromatic heterocycles. The molecule has 0 aliphatic carbocycles. The van der Waals surface area contributed by atoms with E-state index in [1.165, 1.54) is 16.6 Å². The molecule has 1 atom stereocenters. The smallest absolute Gasteiger partial charge is 0.105 e. The summed E-state index contributed by atoms with van der Waals surface area (Å²) in [4.78, 5) is 6.38. The molecule has 3 heterocycles. The number of para-hydroxylation sites is 1. The molecule has 0 saturated carbocycles. The van der Waals surface area contributed by atoms with Gasteiger partial charge < -0.3 is 14.6 Å². The minimum atomic E-state index is -0.995. The van der Waals surface area contributed by atoms with E-state index in [2.05, 4.69) is 27.6 Å². The highest BCUT2D eigenvalue weighted by atomic mass is 35.5. The van der Waals surface area contributed by atoms with E-state index >= 15 is 0 Å². The Labute approximate surface area is 152 Å². The average Bonchev–Trinajstić information content (AvgIpc) is 2.90. The molecule has 4 nitrogen and oxygen atoms in total. The summed E-state index contributed by atoms with van der Waals surface area (Å²) < 4.78 is 2.22. The summed E-state index contributed by atoms with van der Waals surface area (Å²) in [5.74, 6) is 0. The van der Waals surface area contributed by atoms with E-state index in [1.807, 2.05) is 31.2 Å². The second kappa shape index (κ2) is 6.13. The molecule has 0 bridgehead atoms. The van der Waals surface area contributed by atoms with Crippen molar-refractivity contribution in [3.05, 3.63) is 64.6 Å². The molecule has 5 heteroatoms. The third-order valence-corrected chi connectivity index (χ3v) is 5.49. The summed E-state index contributed by atoms with van der Waals surface area (Å²) in [5, 5.41) is 13.1. The third-order valence-electron chi connectivity index (χ3n) is 5.18. The number of hydrogen-bond donors (Lipinski definition) is 1. The lowest BCUT2D eigenvalue weighted by Crippen LogP contribution is -2.31. The maximum Gasteiger partial charge on any atom is 0.105 e. The number of rotatable bonds is 3. The monoisotopic (exact) mass is 355 g/mol. The van der Waals surface area contributed by atoms with Gasteiger partial charge in [-0.25, -0.2) is 0 Å². The Kier molecular flexibility index (Phi) is 4.07. The normalized spacial score (nSPS) is 17.4. The minimum Gasteiger partial charge on any atom is -0.384 e. The van der Waals surface area contributed by atoms with Crippen molar-refractivity contribution in [2.24, 2.45) is 0 Å². The summed E-state index contributed by atoms with van der Waals surface area (Å²) in [6.45, 7) is 4.25. The van der Waals surface area contributed by atoms with Gasteiger partial charge in [-0.3, -0.25) is 4.98 Å². The van der Waals surface area contributed by atoms with Crippen LogP contribution in [0.5, 0.6) is 0 Å². The molecule has 0 fully saturated rings. The number of pyridine rings is 1. The molecule has 0 amide bonds. The van der Waals surface area contributed by atoms with E-state index in [1.54, 1.807) is 12.4 Å². The highest BCUT2D eigenvalue weighted by molar-refractivity contribution is 6.35. The van der Waals surface area contributed by atoms with Crippen LogP contribution < -0.4 is 0 Å². The lowest BCUT2D eigenvalue weighted by Gasteiger charge is -2.29. The van der Waals surface area contributed by atoms with Crippen molar-refractivity contribution >= 4 is 22.5 Å². The molecule has 1 aliphatic rings. The van der Waals surface area contributed by atoms with Gasteiger partial charge in [0.1, 0.15) is 5.60 Å². The standard InChI is InChI=1S/C20H22ClN3O/c1-20(25,14-6-9-22-10-7-14)13-24-18-8-11-23(2)12-16(18)15-4-3-5-17(21)19(15)24/h3-7,9-10,25H,8,11-13H2,1-2H3/t20-/m0/s1. The first-order chi connectivity index (χ1) is 12.0. The van der Waals surface area contributed by atoms with Crippen LogP contribution in [0.25, 0.3) is 10.9 Å². The van der Waals surface area contributed by atoms with Gasteiger partial charge in [0.15, 0.2) is 0 Å². The Balaban J connectivity index is 1.87. The van der Waals surface area contributed by atoms with E-state index < -0.39 is 5.60 Å². The molecule has 0 radical (unpaired) electrons. The Morgan fingerprint density at radius 2 is 2.00 bits per heavy atom. The number of nitrogens with zero attached hydrogens (tertiary/aromatic N) is 3. The number of aliphatic hydroxyl groups is 1. The van der Waals surface area contributed by atoms with Crippen molar-refractivity contribution in [2.75, 3.05) is 13.6 Å². The van der Waals surface area contributed by atoms with E-state index in [0.29, 0.717) is 6.54 Å². The Bertz CT molecular complexity index is 918. The van der Waals surface area contributed by atoms with Crippen molar-refractivity contribution in [1.29, 1.82) is 0 Å². The molecule has 1 aliphatic heterocycles. The fraction of sp³-hybridized carbons (Fsp3) is 0.350. The summed E-state index contributed by atoms with van der Waals surface area (Å²) in [5.41, 5.74) is 3.51. The quantitative estimate of drug-likeness (QED) is 0.780. The Hall–Kier alpha value is -1.88. The zero-order valence-electron chi connectivity index (χ0n) is 14.5. The van der Waals surface area contributed by atoms with Crippen molar-refractivity contribution < 1.29 is 5.11 Å². The van der Waals surface area contributed by atoms with Crippen LogP contribution in [0.1, 0.15) is 23.7 Å². The molecule has 0 unspecified atom stereocenters. The van der Waals surface area contributed by atoms with Gasteiger partial charge in [-0.2, -0.15) is 0 Å². The molecule has 3 aromatic rings. The van der Waals surface area contributed by atoms with Crippen LogP contribution in [0.15, 0.2) is 42.7 Å². The summed E-state index contributed by atoms with van der Waals surface area (Å²) in [6, 6.07) is 9.81. The highest BCUT2D eigenvalue weighted by Crippen LogP contribution is 2.36. The first-order valence-electron chi connectivity index (χ1n) is 8.57. The third kappa shape index (κ3) is 2.84. The van der Waals surface area contributed by atoms with E-state index in [-0.39, 0.29) is 0 Å². The van der Waals surface area contributed by atoms with Gasteiger partial charge in [0.25, 0.3) is 0 Å². The van der Waals surface area contributed by atoms with Crippen molar-refractivity contribution in [2.45, 2.75) is 32.0 Å². The van der Waals surface area contributed by atoms with Crippen molar-refractivity contribution in [3.63, 3.8) is 0 Å². The minimum absolute atomic E-state index is 0.469. The lowest BCUT2D eigenvalue weighted by atomic mass is 9.96. The molecule has 0 spiro atoms. The summed E-state index contributed by atoms with van der Waals surface area (Å²) in [6.07, 6.45) is 4.40. The van der Waals surface area contributed by atoms with Crippen molar-refractivity contribution in [3.8, 4) is 0 Å². The zero-order valence-corrected chi connectivity index (χ0v) is 15.3. The van der Waals surface area contributed by atoms with Crippen LogP contribution in [0.4, 0.5) is 0 Å². The molecule has 1 N–H and O–H groups in total. The van der Waals surface area contributed by atoms with E-state index in [9.17, 15) is 5.11 Å². The number of fused-ring (bicyclic) bond motifs is 3. The summed E-state index contributed by atoms with van der Waals surface area (Å²) in [7, 11) is 2.14. The average molecular weight is 356 g/mol. The van der Waals surface area contributed by atoms with E-state index in [0.717, 1.165) is 35.6 Å². The fourth-order valence-corrected chi connectivity index (χ4v) is 4.16. The maximum atomic E-state index is 11.2. The van der Waals surface area contributed by atoms with Crippen LogP contribution in [0.3, 0.4) is 0 Å². The highest BCUT2D eigenvalue weighted by Gasteiger charge is 2.29. The SMILES string of the molecule is CN1CCc2c(c3cccc(Cl)c3n2C[C@](C)(O)c2ccncc2)C1. The predicted molar refractivity (Wildman–Crippen MR) is 101 cm³/mol. The first kappa shape index (κ1) is 16.6. The number of likely N-dealkylation sites (N-methyl/N-ethyl adjacent to an activating group) is 1. The van der Waals surface area contributed by atoms with Crippen LogP contribution in [0.2, 0.25) is 5.02 Å². The second-order valence-electron chi connectivity index (χ2n) is 7.14. The number of hydrogen-bond acceptors (Lipinski definition) is 3. The Morgan fingerprint density at radius 3 is 2.76 bits per heavy atom. The lowest BCUT2D eigenvalue weighted by molar-refractivity contribution is 0.0384. The van der Waals surface area contributed by atoms with Gasteiger partial charge in [0, 0.05) is 43.0 Å². The van der Waals surface area contributed by atoms with Gasteiger partial charge in [-0.05, 0) is 43.3 Å². The zero-order chi connectivity index (χ0) is 17.6. The molecule has 25 heavy (non-hydrogen) atoms. The largest absolute Gasteiger partial charge is 0.384 e. The fourth-order valence-electron chi connectivity index (χ4n) is 3.88. The van der Waals surface area contributed by atoms with Gasteiger partial charge in [-0.15, -0.1) is 0 Å².